The Bertz CT molecular complexity index is 1120. The Kier molecular flexibility index (Phi) is 4.68. The van der Waals surface area contributed by atoms with Gasteiger partial charge in [-0.1, -0.05) is 12.1 Å². The molecule has 1 amide bonds. The molecular formula is C21H21N3O3S. The molecule has 7 heteroatoms. The first kappa shape index (κ1) is 18.3. The van der Waals surface area contributed by atoms with Gasteiger partial charge in [-0.3, -0.25) is 9.10 Å². The predicted octanol–water partition coefficient (Wildman–Crippen LogP) is 3.58. The van der Waals surface area contributed by atoms with Gasteiger partial charge in [0.25, 0.3) is 5.91 Å². The molecule has 0 saturated carbocycles. The van der Waals surface area contributed by atoms with E-state index in [1.807, 2.05) is 60.3 Å². The molecule has 1 aromatic heterocycles. The number of sulfonamides is 1. The molecule has 1 saturated heterocycles. The van der Waals surface area contributed by atoms with Gasteiger partial charge in [0.2, 0.25) is 10.0 Å². The van der Waals surface area contributed by atoms with E-state index in [-0.39, 0.29) is 11.7 Å². The van der Waals surface area contributed by atoms with E-state index in [4.69, 9.17) is 0 Å². The first-order valence-electron chi connectivity index (χ1n) is 9.10. The van der Waals surface area contributed by atoms with Gasteiger partial charge >= 0.3 is 0 Å². The summed E-state index contributed by atoms with van der Waals surface area (Å²) in [4.78, 5) is 12.8. The Hall–Kier alpha value is -3.06. The lowest BCUT2D eigenvalue weighted by atomic mass is 10.1. The molecule has 3 aromatic rings. The second-order valence-corrected chi connectivity index (χ2v) is 8.85. The minimum atomic E-state index is -3.26. The first-order chi connectivity index (χ1) is 13.4. The third-order valence-corrected chi connectivity index (χ3v) is 6.74. The number of benzene rings is 2. The second-order valence-electron chi connectivity index (χ2n) is 6.84. The molecule has 1 aliphatic rings. The van der Waals surface area contributed by atoms with Gasteiger partial charge in [-0.15, -0.1) is 0 Å². The van der Waals surface area contributed by atoms with Crippen LogP contribution in [0.25, 0.3) is 5.69 Å². The fraction of sp³-hybridized carbons (Fsp3) is 0.190. The monoisotopic (exact) mass is 395 g/mol. The fourth-order valence-electron chi connectivity index (χ4n) is 3.34. The first-order valence-corrected chi connectivity index (χ1v) is 10.7. The minimum Gasteiger partial charge on any atom is -0.324 e. The summed E-state index contributed by atoms with van der Waals surface area (Å²) in [6.07, 6.45) is 4.45. The van der Waals surface area contributed by atoms with Crippen LogP contribution in [0.3, 0.4) is 0 Å². The number of hydrogen-bond acceptors (Lipinski definition) is 3. The van der Waals surface area contributed by atoms with Crippen LogP contribution in [-0.2, 0) is 10.0 Å². The van der Waals surface area contributed by atoms with Crippen LogP contribution in [0.4, 0.5) is 11.4 Å². The summed E-state index contributed by atoms with van der Waals surface area (Å²) < 4.78 is 27.7. The van der Waals surface area contributed by atoms with E-state index in [1.165, 1.54) is 4.31 Å². The van der Waals surface area contributed by atoms with Crippen LogP contribution in [0.1, 0.15) is 22.3 Å². The van der Waals surface area contributed by atoms with Crippen molar-refractivity contribution < 1.29 is 13.2 Å². The molecule has 6 nitrogen and oxygen atoms in total. The fourth-order valence-corrected chi connectivity index (χ4v) is 4.89. The standard InChI is InChI=1S/C21H21N3O3S/c1-16-8-9-19(24-12-5-13-28(24,26)27)15-20(16)22-21(25)17-6-4-7-18(14-17)23-10-2-3-11-23/h2-4,6-11,14-15H,5,12-13H2,1H3,(H,22,25). The smallest absolute Gasteiger partial charge is 0.255 e. The molecule has 0 aliphatic carbocycles. The number of aryl methyl sites for hydroxylation is 1. The van der Waals surface area contributed by atoms with Gasteiger partial charge in [-0.25, -0.2) is 8.42 Å². The molecule has 144 valence electrons. The van der Waals surface area contributed by atoms with E-state index in [1.54, 1.807) is 18.2 Å². The number of nitrogens with zero attached hydrogens (tertiary/aromatic N) is 2. The molecule has 2 aromatic carbocycles. The molecule has 0 atom stereocenters. The second kappa shape index (κ2) is 7.16. The van der Waals surface area contributed by atoms with Crippen molar-refractivity contribution >= 4 is 27.3 Å². The zero-order valence-electron chi connectivity index (χ0n) is 15.5. The molecule has 0 spiro atoms. The van der Waals surface area contributed by atoms with Crippen LogP contribution in [-0.4, -0.2) is 31.2 Å². The van der Waals surface area contributed by atoms with E-state index < -0.39 is 10.0 Å². The molecule has 1 fully saturated rings. The van der Waals surface area contributed by atoms with Gasteiger partial charge in [0.05, 0.1) is 11.4 Å². The number of anilines is 2. The van der Waals surface area contributed by atoms with Gasteiger partial charge in [-0.05, 0) is 61.4 Å². The third kappa shape index (κ3) is 3.53. The summed E-state index contributed by atoms with van der Waals surface area (Å²) in [6, 6.07) is 16.5. The normalized spacial score (nSPS) is 15.5. The number of hydrogen-bond donors (Lipinski definition) is 1. The highest BCUT2D eigenvalue weighted by atomic mass is 32.2. The predicted molar refractivity (Wildman–Crippen MR) is 111 cm³/mol. The summed E-state index contributed by atoms with van der Waals surface area (Å²) >= 11 is 0. The molecule has 0 bridgehead atoms. The SMILES string of the molecule is Cc1ccc(N2CCCS2(=O)=O)cc1NC(=O)c1cccc(-n2cccc2)c1. The molecular weight excluding hydrogens is 374 g/mol. The van der Waals surface area contributed by atoms with Crippen molar-refractivity contribution in [1.82, 2.24) is 4.57 Å². The maximum absolute atomic E-state index is 12.8. The maximum Gasteiger partial charge on any atom is 0.255 e. The Morgan fingerprint density at radius 2 is 1.79 bits per heavy atom. The average molecular weight is 395 g/mol. The van der Waals surface area contributed by atoms with Crippen LogP contribution < -0.4 is 9.62 Å². The molecule has 1 N–H and O–H groups in total. The highest BCUT2D eigenvalue weighted by molar-refractivity contribution is 7.93. The maximum atomic E-state index is 12.8. The summed E-state index contributed by atoms with van der Waals surface area (Å²) in [6.45, 7) is 2.35. The molecule has 1 aliphatic heterocycles. The number of nitrogens with one attached hydrogen (secondary N) is 1. The Labute approximate surface area is 164 Å². The van der Waals surface area contributed by atoms with Crippen molar-refractivity contribution in [3.8, 4) is 5.69 Å². The van der Waals surface area contributed by atoms with Crippen molar-refractivity contribution in [3.63, 3.8) is 0 Å². The summed E-state index contributed by atoms with van der Waals surface area (Å²) in [5.41, 5.74) is 3.49. The van der Waals surface area contributed by atoms with Crippen LogP contribution in [0.5, 0.6) is 0 Å². The van der Waals surface area contributed by atoms with E-state index in [2.05, 4.69) is 5.32 Å². The van der Waals surface area contributed by atoms with Crippen LogP contribution in [0.15, 0.2) is 67.0 Å². The highest BCUT2D eigenvalue weighted by Crippen LogP contribution is 2.29. The Morgan fingerprint density at radius 1 is 1.00 bits per heavy atom. The highest BCUT2D eigenvalue weighted by Gasteiger charge is 2.28. The molecule has 28 heavy (non-hydrogen) atoms. The topological polar surface area (TPSA) is 71.4 Å². The molecule has 0 unspecified atom stereocenters. The molecule has 0 radical (unpaired) electrons. The van der Waals surface area contributed by atoms with E-state index in [9.17, 15) is 13.2 Å². The minimum absolute atomic E-state index is 0.161. The number of carbonyl (C=O) groups excluding carboxylic acids is 1. The lowest BCUT2D eigenvalue weighted by molar-refractivity contribution is 0.102. The Balaban J connectivity index is 1.60. The molecule has 4 rings (SSSR count). The number of amides is 1. The largest absolute Gasteiger partial charge is 0.324 e. The van der Waals surface area contributed by atoms with Crippen molar-refractivity contribution in [2.24, 2.45) is 0 Å². The van der Waals surface area contributed by atoms with Gasteiger partial charge in [0.15, 0.2) is 0 Å². The quantitative estimate of drug-likeness (QED) is 0.734. The van der Waals surface area contributed by atoms with Crippen LogP contribution in [0, 0.1) is 6.92 Å². The van der Waals surface area contributed by atoms with Gasteiger partial charge < -0.3 is 9.88 Å². The summed E-state index contributed by atoms with van der Waals surface area (Å²) in [7, 11) is -3.26. The lowest BCUT2D eigenvalue weighted by Gasteiger charge is -2.19. The van der Waals surface area contributed by atoms with E-state index in [0.29, 0.717) is 29.9 Å². The van der Waals surface area contributed by atoms with Crippen molar-refractivity contribution in [2.75, 3.05) is 21.9 Å². The van der Waals surface area contributed by atoms with Crippen LogP contribution >= 0.6 is 0 Å². The van der Waals surface area contributed by atoms with Gasteiger partial charge in [0, 0.05) is 35.9 Å². The number of aromatic nitrogens is 1. The van der Waals surface area contributed by atoms with Crippen molar-refractivity contribution in [1.29, 1.82) is 0 Å². The molecule has 2 heterocycles. The van der Waals surface area contributed by atoms with Gasteiger partial charge in [0.1, 0.15) is 0 Å². The zero-order chi connectivity index (χ0) is 19.7. The average Bonchev–Trinajstić information content (AvgIpc) is 3.33. The zero-order valence-corrected chi connectivity index (χ0v) is 16.3. The number of carbonyl (C=O) groups is 1. The third-order valence-electron chi connectivity index (χ3n) is 4.87. The number of rotatable bonds is 4. The van der Waals surface area contributed by atoms with E-state index in [0.717, 1.165) is 11.3 Å². The summed E-state index contributed by atoms with van der Waals surface area (Å²) in [5.74, 6) is -0.0760. The van der Waals surface area contributed by atoms with Crippen molar-refractivity contribution in [3.05, 3.63) is 78.1 Å². The van der Waals surface area contributed by atoms with Gasteiger partial charge in [-0.2, -0.15) is 0 Å². The Morgan fingerprint density at radius 3 is 2.50 bits per heavy atom. The van der Waals surface area contributed by atoms with Crippen molar-refractivity contribution in [2.45, 2.75) is 13.3 Å². The summed E-state index contributed by atoms with van der Waals surface area (Å²) in [5, 5.41) is 2.92. The lowest BCUT2D eigenvalue weighted by Crippen LogP contribution is -2.25. The van der Waals surface area contributed by atoms with Crippen LogP contribution in [0.2, 0.25) is 0 Å². The van der Waals surface area contributed by atoms with E-state index >= 15 is 0 Å².